The van der Waals surface area contributed by atoms with Crippen molar-refractivity contribution < 1.29 is 14.3 Å². The van der Waals surface area contributed by atoms with E-state index in [1.54, 1.807) is 12.1 Å². The van der Waals surface area contributed by atoms with Crippen molar-refractivity contribution in [3.05, 3.63) is 29.3 Å². The highest BCUT2D eigenvalue weighted by atomic mass is 35.5. The van der Waals surface area contributed by atoms with E-state index in [0.717, 1.165) is 18.6 Å². The molecular weight excluding hydrogens is 364 g/mol. The zero-order valence-electron chi connectivity index (χ0n) is 16.5. The van der Waals surface area contributed by atoms with Crippen molar-refractivity contribution in [3.8, 4) is 5.75 Å². The smallest absolute Gasteiger partial charge is 0.223 e. The Labute approximate surface area is 167 Å². The summed E-state index contributed by atoms with van der Waals surface area (Å²) in [5.41, 5.74) is 0. The van der Waals surface area contributed by atoms with Gasteiger partial charge in [0, 0.05) is 36.5 Å². The van der Waals surface area contributed by atoms with Gasteiger partial charge in [0.2, 0.25) is 11.8 Å². The molecule has 0 spiro atoms. The van der Waals surface area contributed by atoms with Crippen molar-refractivity contribution in [3.63, 3.8) is 0 Å². The lowest BCUT2D eigenvalue weighted by Crippen LogP contribution is -2.45. The third-order valence-corrected chi connectivity index (χ3v) is 5.46. The topological polar surface area (TPSA) is 58.6 Å². The van der Waals surface area contributed by atoms with Crippen LogP contribution in [0, 0.1) is 11.8 Å². The first kappa shape index (κ1) is 21.5. The zero-order chi connectivity index (χ0) is 19.8. The molecule has 1 N–H and O–H groups in total. The Morgan fingerprint density at radius 2 is 1.81 bits per heavy atom. The fourth-order valence-electron chi connectivity index (χ4n) is 3.00. The maximum absolute atomic E-state index is 12.4. The van der Waals surface area contributed by atoms with Gasteiger partial charge in [-0.1, -0.05) is 25.4 Å². The summed E-state index contributed by atoms with van der Waals surface area (Å²) in [7, 11) is 0. The molecule has 1 aliphatic heterocycles. The molecule has 5 nitrogen and oxygen atoms in total. The second-order valence-corrected chi connectivity index (χ2v) is 8.04. The maximum atomic E-state index is 12.4. The summed E-state index contributed by atoms with van der Waals surface area (Å²) in [5, 5.41) is 3.76. The number of hydrogen-bond acceptors (Lipinski definition) is 3. The van der Waals surface area contributed by atoms with Crippen LogP contribution in [0.2, 0.25) is 5.02 Å². The van der Waals surface area contributed by atoms with Gasteiger partial charge in [-0.3, -0.25) is 9.59 Å². The van der Waals surface area contributed by atoms with Crippen LogP contribution >= 0.6 is 11.6 Å². The zero-order valence-corrected chi connectivity index (χ0v) is 17.3. The van der Waals surface area contributed by atoms with Crippen LogP contribution in [-0.4, -0.2) is 42.5 Å². The molecule has 0 bridgehead atoms. The molecule has 1 aromatic carbocycles. The molecule has 1 heterocycles. The van der Waals surface area contributed by atoms with E-state index in [9.17, 15) is 9.59 Å². The van der Waals surface area contributed by atoms with Gasteiger partial charge in [-0.05, 0) is 56.4 Å². The minimum absolute atomic E-state index is 0.0171. The minimum atomic E-state index is 0.0171. The van der Waals surface area contributed by atoms with E-state index < -0.39 is 0 Å². The van der Waals surface area contributed by atoms with Crippen LogP contribution in [0.1, 0.15) is 46.5 Å². The number of hydrogen-bond donors (Lipinski definition) is 1. The monoisotopic (exact) mass is 394 g/mol. The van der Waals surface area contributed by atoms with Gasteiger partial charge in [0.25, 0.3) is 0 Å². The van der Waals surface area contributed by atoms with Crippen LogP contribution < -0.4 is 10.1 Å². The average Bonchev–Trinajstić information content (AvgIpc) is 2.66. The van der Waals surface area contributed by atoms with Crippen molar-refractivity contribution in [2.45, 2.75) is 52.5 Å². The van der Waals surface area contributed by atoms with Gasteiger partial charge >= 0.3 is 0 Å². The quantitative estimate of drug-likeness (QED) is 0.680. The van der Waals surface area contributed by atoms with E-state index in [1.807, 2.05) is 24.0 Å². The number of nitrogens with one attached hydrogen (secondary N) is 1. The molecule has 27 heavy (non-hydrogen) atoms. The fourth-order valence-corrected chi connectivity index (χ4v) is 3.13. The molecule has 1 fully saturated rings. The van der Waals surface area contributed by atoms with Gasteiger partial charge in [0.15, 0.2) is 0 Å². The second-order valence-electron chi connectivity index (χ2n) is 7.60. The number of nitrogens with zero attached hydrogens (tertiary/aromatic N) is 1. The molecule has 150 valence electrons. The lowest BCUT2D eigenvalue weighted by atomic mass is 9.94. The van der Waals surface area contributed by atoms with E-state index in [-0.39, 0.29) is 23.8 Å². The standard InChI is InChI=1S/C21H31ClN2O3/c1-15(2)16(3)23-21(26)17-10-12-24(13-11-17)20(25)5-4-14-27-19-8-6-18(22)7-9-19/h6-9,15-17H,4-5,10-14H2,1-3H3,(H,23,26). The molecule has 0 aromatic heterocycles. The van der Waals surface area contributed by atoms with Crippen molar-refractivity contribution in [1.82, 2.24) is 10.2 Å². The predicted octanol–water partition coefficient (Wildman–Crippen LogP) is 3.90. The Balaban J connectivity index is 1.64. The third-order valence-electron chi connectivity index (χ3n) is 5.21. The number of carbonyl (C=O) groups excluding carboxylic acids is 2. The number of halogens is 1. The third kappa shape index (κ3) is 7.06. The molecule has 0 radical (unpaired) electrons. The van der Waals surface area contributed by atoms with E-state index >= 15 is 0 Å². The van der Waals surface area contributed by atoms with Gasteiger partial charge in [0.1, 0.15) is 5.75 Å². The Morgan fingerprint density at radius 3 is 2.41 bits per heavy atom. The van der Waals surface area contributed by atoms with Crippen molar-refractivity contribution in [2.75, 3.05) is 19.7 Å². The Hall–Kier alpha value is -1.75. The maximum Gasteiger partial charge on any atom is 0.223 e. The van der Waals surface area contributed by atoms with Crippen LogP contribution in [-0.2, 0) is 9.59 Å². The summed E-state index contributed by atoms with van der Waals surface area (Å²) in [4.78, 5) is 26.5. The number of ether oxygens (including phenoxy) is 1. The molecule has 2 rings (SSSR count). The van der Waals surface area contributed by atoms with Gasteiger partial charge in [-0.15, -0.1) is 0 Å². The van der Waals surface area contributed by atoms with E-state index in [2.05, 4.69) is 19.2 Å². The van der Waals surface area contributed by atoms with Crippen molar-refractivity contribution in [1.29, 1.82) is 0 Å². The predicted molar refractivity (Wildman–Crippen MR) is 108 cm³/mol. The molecular formula is C21H31ClN2O3. The van der Waals surface area contributed by atoms with Crippen LogP contribution in [0.3, 0.4) is 0 Å². The number of carbonyl (C=O) groups is 2. The molecule has 1 atom stereocenters. The van der Waals surface area contributed by atoms with Gasteiger partial charge in [-0.25, -0.2) is 0 Å². The van der Waals surface area contributed by atoms with E-state index in [1.165, 1.54) is 0 Å². The van der Waals surface area contributed by atoms with Crippen LogP contribution in [0.25, 0.3) is 0 Å². The summed E-state index contributed by atoms with van der Waals surface area (Å²) in [5.74, 6) is 1.47. The molecule has 0 saturated carbocycles. The van der Waals surface area contributed by atoms with Crippen LogP contribution in [0.4, 0.5) is 0 Å². The first-order valence-corrected chi connectivity index (χ1v) is 10.2. The highest BCUT2D eigenvalue weighted by Crippen LogP contribution is 2.19. The minimum Gasteiger partial charge on any atom is -0.494 e. The van der Waals surface area contributed by atoms with Crippen LogP contribution in [0.5, 0.6) is 5.75 Å². The molecule has 1 aromatic rings. The lowest BCUT2D eigenvalue weighted by Gasteiger charge is -2.32. The lowest BCUT2D eigenvalue weighted by molar-refractivity contribution is -0.136. The van der Waals surface area contributed by atoms with Crippen molar-refractivity contribution >= 4 is 23.4 Å². The number of amides is 2. The van der Waals surface area contributed by atoms with E-state index in [4.69, 9.17) is 16.3 Å². The number of benzene rings is 1. The fraction of sp³-hybridized carbons (Fsp3) is 0.619. The summed E-state index contributed by atoms with van der Waals surface area (Å²) >= 11 is 5.84. The summed E-state index contributed by atoms with van der Waals surface area (Å²) in [6.07, 6.45) is 2.62. The van der Waals surface area contributed by atoms with Crippen LogP contribution in [0.15, 0.2) is 24.3 Å². The molecule has 2 amide bonds. The largest absolute Gasteiger partial charge is 0.494 e. The van der Waals surface area contributed by atoms with Gasteiger partial charge < -0.3 is 15.0 Å². The Kier molecular flexibility index (Phi) is 8.42. The summed E-state index contributed by atoms with van der Waals surface area (Å²) in [6.45, 7) is 8.05. The molecule has 6 heteroatoms. The Bertz CT molecular complexity index is 610. The SMILES string of the molecule is CC(C)C(C)NC(=O)C1CCN(C(=O)CCCOc2ccc(Cl)cc2)CC1. The van der Waals surface area contributed by atoms with Crippen molar-refractivity contribution in [2.24, 2.45) is 11.8 Å². The van der Waals surface area contributed by atoms with E-state index in [0.29, 0.717) is 43.5 Å². The Morgan fingerprint density at radius 1 is 1.19 bits per heavy atom. The normalized spacial score (nSPS) is 16.3. The molecule has 1 unspecified atom stereocenters. The number of rotatable bonds is 8. The van der Waals surface area contributed by atoms with Gasteiger partial charge in [-0.2, -0.15) is 0 Å². The number of likely N-dealkylation sites (tertiary alicyclic amines) is 1. The highest BCUT2D eigenvalue weighted by Gasteiger charge is 2.28. The highest BCUT2D eigenvalue weighted by molar-refractivity contribution is 6.30. The first-order valence-electron chi connectivity index (χ1n) is 9.83. The first-order chi connectivity index (χ1) is 12.9. The molecule has 0 aliphatic carbocycles. The summed E-state index contributed by atoms with van der Waals surface area (Å²) < 4.78 is 5.62. The second kappa shape index (κ2) is 10.5. The summed E-state index contributed by atoms with van der Waals surface area (Å²) in [6, 6.07) is 7.38. The molecule has 1 aliphatic rings. The number of piperidine rings is 1. The van der Waals surface area contributed by atoms with Gasteiger partial charge in [0.05, 0.1) is 6.61 Å². The molecule has 1 saturated heterocycles. The average molecular weight is 395 g/mol.